The molecule has 32 heavy (non-hydrogen) atoms. The average Bonchev–Trinajstić information content (AvgIpc) is 3.25. The van der Waals surface area contributed by atoms with Crippen molar-refractivity contribution in [3.63, 3.8) is 0 Å². The molecule has 1 aromatic heterocycles. The maximum absolute atomic E-state index is 12.7. The van der Waals surface area contributed by atoms with E-state index in [0.717, 1.165) is 41.9 Å². The highest BCUT2D eigenvalue weighted by Crippen LogP contribution is 2.30. The fourth-order valence-corrected chi connectivity index (χ4v) is 3.61. The fourth-order valence-electron chi connectivity index (χ4n) is 3.61. The highest BCUT2D eigenvalue weighted by Gasteiger charge is 2.30. The molecule has 2 aromatic carbocycles. The normalized spacial score (nSPS) is 12.8. The predicted molar refractivity (Wildman–Crippen MR) is 119 cm³/mol. The van der Waals surface area contributed by atoms with Crippen molar-refractivity contribution in [2.24, 2.45) is 5.73 Å². The molecule has 3 rings (SSSR count). The van der Waals surface area contributed by atoms with Crippen LogP contribution in [0.15, 0.2) is 53.1 Å². The molecule has 3 aromatic rings. The first-order valence-corrected chi connectivity index (χ1v) is 11.2. The van der Waals surface area contributed by atoms with Crippen LogP contribution in [0.2, 0.25) is 0 Å². The van der Waals surface area contributed by atoms with Gasteiger partial charge in [-0.15, -0.1) is 0 Å². The van der Waals surface area contributed by atoms with Crippen molar-refractivity contribution < 1.29 is 17.7 Å². The molecule has 0 saturated heterocycles. The number of hydrogen-bond donors (Lipinski definition) is 1. The fraction of sp³-hybridized carbons (Fsp3) is 0.440. The molecule has 1 atom stereocenters. The van der Waals surface area contributed by atoms with Gasteiger partial charge in [0.25, 0.3) is 5.89 Å². The lowest BCUT2D eigenvalue weighted by Gasteiger charge is -2.14. The first-order valence-electron chi connectivity index (χ1n) is 11.2. The van der Waals surface area contributed by atoms with Crippen LogP contribution in [0.1, 0.15) is 74.0 Å². The number of nitrogens with two attached hydrogens (primary N) is 1. The van der Waals surface area contributed by atoms with Crippen LogP contribution in [-0.2, 0) is 19.0 Å². The minimum absolute atomic E-state index is 0.393. The molecule has 172 valence electrons. The Bertz CT molecular complexity index is 950. The van der Waals surface area contributed by atoms with Crippen LogP contribution in [0.5, 0.6) is 0 Å². The van der Waals surface area contributed by atoms with E-state index in [-0.39, 0.29) is 0 Å². The summed E-state index contributed by atoms with van der Waals surface area (Å²) in [7, 11) is 0. The van der Waals surface area contributed by atoms with Gasteiger partial charge in [-0.05, 0) is 48.2 Å². The van der Waals surface area contributed by atoms with E-state index in [1.807, 2.05) is 24.3 Å². The largest absolute Gasteiger partial charge is 0.416 e. The number of halogens is 3. The number of unbranched alkanes of at least 4 members (excludes halogenated alkanes) is 5. The lowest BCUT2D eigenvalue weighted by atomic mass is 9.98. The second-order valence-corrected chi connectivity index (χ2v) is 8.16. The monoisotopic (exact) mass is 445 g/mol. The number of rotatable bonds is 11. The zero-order valence-corrected chi connectivity index (χ0v) is 18.4. The van der Waals surface area contributed by atoms with E-state index in [9.17, 15) is 13.2 Å². The molecule has 1 heterocycles. The molecule has 0 saturated carbocycles. The summed E-state index contributed by atoms with van der Waals surface area (Å²) in [6, 6.07) is 12.3. The molecule has 0 spiro atoms. The maximum atomic E-state index is 12.7. The smallest absolute Gasteiger partial charge is 0.334 e. The van der Waals surface area contributed by atoms with Crippen LogP contribution in [0.4, 0.5) is 13.2 Å². The number of aromatic nitrogens is 2. The van der Waals surface area contributed by atoms with Gasteiger partial charge in [0.05, 0.1) is 5.56 Å². The summed E-state index contributed by atoms with van der Waals surface area (Å²) in [4.78, 5) is 4.49. The van der Waals surface area contributed by atoms with Crippen LogP contribution >= 0.6 is 0 Å². The lowest BCUT2D eigenvalue weighted by Crippen LogP contribution is -2.14. The second-order valence-electron chi connectivity index (χ2n) is 8.16. The average molecular weight is 446 g/mol. The van der Waals surface area contributed by atoms with Crippen molar-refractivity contribution >= 4 is 0 Å². The minimum atomic E-state index is -4.35. The van der Waals surface area contributed by atoms with E-state index < -0.39 is 17.8 Å². The van der Waals surface area contributed by atoms with Gasteiger partial charge in [0, 0.05) is 18.0 Å². The SMILES string of the molecule is CCCCCCCCc1noc(-c2ccc(CC(N)c3ccc(C(F)(F)F)cc3)cc2)n1. The first kappa shape index (κ1) is 24.0. The highest BCUT2D eigenvalue weighted by molar-refractivity contribution is 5.53. The van der Waals surface area contributed by atoms with Crippen molar-refractivity contribution in [1.29, 1.82) is 0 Å². The van der Waals surface area contributed by atoms with E-state index in [4.69, 9.17) is 10.3 Å². The van der Waals surface area contributed by atoms with Crippen LogP contribution in [-0.4, -0.2) is 10.1 Å². The Morgan fingerprint density at radius 3 is 2.22 bits per heavy atom. The minimum Gasteiger partial charge on any atom is -0.334 e. The first-order chi connectivity index (χ1) is 15.4. The summed E-state index contributed by atoms with van der Waals surface area (Å²) >= 11 is 0. The summed E-state index contributed by atoms with van der Waals surface area (Å²) in [5.41, 5.74) is 8.01. The van der Waals surface area contributed by atoms with Crippen LogP contribution < -0.4 is 5.73 Å². The number of nitrogens with zero attached hydrogens (tertiary/aromatic N) is 2. The second kappa shape index (κ2) is 11.3. The number of benzene rings is 2. The summed E-state index contributed by atoms with van der Waals surface area (Å²) in [6.07, 6.45) is 4.28. The molecule has 0 radical (unpaired) electrons. The van der Waals surface area contributed by atoms with E-state index >= 15 is 0 Å². The topological polar surface area (TPSA) is 64.9 Å². The summed E-state index contributed by atoms with van der Waals surface area (Å²) in [5.74, 6) is 1.22. The third-order valence-electron chi connectivity index (χ3n) is 5.54. The van der Waals surface area contributed by atoms with Gasteiger partial charge in [0.15, 0.2) is 5.82 Å². The molecule has 2 N–H and O–H groups in total. The number of aryl methyl sites for hydroxylation is 1. The quantitative estimate of drug-likeness (QED) is 0.326. The van der Waals surface area contributed by atoms with E-state index in [1.54, 1.807) is 0 Å². The summed E-state index contributed by atoms with van der Waals surface area (Å²) in [6.45, 7) is 2.21. The van der Waals surface area contributed by atoms with Gasteiger partial charge in [-0.25, -0.2) is 0 Å². The van der Waals surface area contributed by atoms with Crippen molar-refractivity contribution in [2.75, 3.05) is 0 Å². The molecule has 1 unspecified atom stereocenters. The molecule has 0 fully saturated rings. The summed E-state index contributed by atoms with van der Waals surface area (Å²) in [5, 5.41) is 4.08. The van der Waals surface area contributed by atoms with Crippen molar-refractivity contribution in [2.45, 2.75) is 70.5 Å². The zero-order valence-electron chi connectivity index (χ0n) is 18.4. The van der Waals surface area contributed by atoms with E-state index in [1.165, 1.54) is 44.2 Å². The Morgan fingerprint density at radius 1 is 0.906 bits per heavy atom. The van der Waals surface area contributed by atoms with Crippen molar-refractivity contribution in [1.82, 2.24) is 10.1 Å². The molecule has 0 aliphatic carbocycles. The predicted octanol–water partition coefficient (Wildman–Crippen LogP) is 6.90. The Morgan fingerprint density at radius 2 is 1.56 bits per heavy atom. The van der Waals surface area contributed by atoms with Crippen molar-refractivity contribution in [3.05, 3.63) is 71.0 Å². The lowest BCUT2D eigenvalue weighted by molar-refractivity contribution is -0.137. The maximum Gasteiger partial charge on any atom is 0.416 e. The Labute approximate surface area is 187 Å². The van der Waals surface area contributed by atoms with Crippen LogP contribution in [0.25, 0.3) is 11.5 Å². The molecular formula is C25H30F3N3O. The van der Waals surface area contributed by atoms with Crippen molar-refractivity contribution in [3.8, 4) is 11.5 Å². The molecule has 0 amide bonds. The molecular weight excluding hydrogens is 415 g/mol. The third-order valence-corrected chi connectivity index (χ3v) is 5.54. The van der Waals surface area contributed by atoms with Gasteiger partial charge in [0.2, 0.25) is 0 Å². The van der Waals surface area contributed by atoms with Gasteiger partial charge >= 0.3 is 6.18 Å². The van der Waals surface area contributed by atoms with Gasteiger partial charge in [-0.1, -0.05) is 68.4 Å². The summed E-state index contributed by atoms with van der Waals surface area (Å²) < 4.78 is 43.5. The van der Waals surface area contributed by atoms with Gasteiger partial charge in [-0.3, -0.25) is 0 Å². The molecule has 0 aliphatic rings. The number of alkyl halides is 3. The van der Waals surface area contributed by atoms with Crippen LogP contribution in [0.3, 0.4) is 0 Å². The zero-order chi connectivity index (χ0) is 23.0. The van der Waals surface area contributed by atoms with Gasteiger partial charge in [0.1, 0.15) is 0 Å². The molecule has 0 aliphatic heterocycles. The Balaban J connectivity index is 1.52. The van der Waals surface area contributed by atoms with E-state index in [2.05, 4.69) is 17.1 Å². The third kappa shape index (κ3) is 6.92. The standard InChI is InChI=1S/C25H30F3N3O/c1-2-3-4-5-6-7-8-23-30-24(32-31-23)20-11-9-18(10-12-20)17-22(29)19-13-15-21(16-14-19)25(26,27)28/h9-16,22H,2-8,17,29H2,1H3. The van der Waals surface area contributed by atoms with E-state index in [0.29, 0.717) is 17.9 Å². The molecule has 7 heteroatoms. The highest BCUT2D eigenvalue weighted by atomic mass is 19.4. The Hall–Kier alpha value is -2.67. The van der Waals surface area contributed by atoms with Gasteiger partial charge < -0.3 is 10.3 Å². The molecule has 0 bridgehead atoms. The Kier molecular flexibility index (Phi) is 8.45. The number of hydrogen-bond acceptors (Lipinski definition) is 4. The molecule has 4 nitrogen and oxygen atoms in total. The van der Waals surface area contributed by atoms with Gasteiger partial charge in [-0.2, -0.15) is 18.2 Å². The van der Waals surface area contributed by atoms with Crippen LogP contribution in [0, 0.1) is 0 Å².